The number of carbonyl (C=O) groups is 1. The number of piperidine rings is 1. The van der Waals surface area contributed by atoms with E-state index in [9.17, 15) is 4.79 Å². The van der Waals surface area contributed by atoms with Crippen LogP contribution in [-0.2, 0) is 0 Å². The molecule has 104 valence electrons. The Morgan fingerprint density at radius 3 is 3.16 bits per heavy atom. The number of anilines is 1. The fourth-order valence-corrected chi connectivity index (χ4v) is 2.80. The summed E-state index contributed by atoms with van der Waals surface area (Å²) in [5.74, 6) is 6.45. The van der Waals surface area contributed by atoms with E-state index in [-0.39, 0.29) is 5.91 Å². The molecule has 1 atom stereocenters. The van der Waals surface area contributed by atoms with Crippen LogP contribution in [0, 0.1) is 5.92 Å². The maximum Gasteiger partial charge on any atom is 0.257 e. The Kier molecular flexibility index (Phi) is 4.76. The second kappa shape index (κ2) is 6.34. The molecule has 1 aliphatic heterocycles. The zero-order valence-corrected chi connectivity index (χ0v) is 12.6. The highest BCUT2D eigenvalue weighted by atomic mass is 79.9. The molecule has 0 bridgehead atoms. The number of hydrogen-bond donors (Lipinski definition) is 2. The maximum atomic E-state index is 12.6. The fourth-order valence-electron chi connectivity index (χ4n) is 2.47. The molecule has 1 aromatic rings. The van der Waals surface area contributed by atoms with Gasteiger partial charge in [-0.05, 0) is 40.8 Å². The molecule has 3 N–H and O–H groups in total. The van der Waals surface area contributed by atoms with Crippen LogP contribution in [0.5, 0.6) is 0 Å². The van der Waals surface area contributed by atoms with Gasteiger partial charge in [0.1, 0.15) is 0 Å². The van der Waals surface area contributed by atoms with Gasteiger partial charge in [0.15, 0.2) is 5.82 Å². The van der Waals surface area contributed by atoms with Crippen LogP contribution in [0.15, 0.2) is 16.7 Å². The topological polar surface area (TPSA) is 71.2 Å². The second-order valence-electron chi connectivity index (χ2n) is 4.86. The molecule has 0 spiro atoms. The van der Waals surface area contributed by atoms with E-state index in [1.165, 1.54) is 6.42 Å². The third-order valence-corrected chi connectivity index (χ3v) is 4.04. The number of nitrogen functional groups attached to an aromatic ring is 1. The van der Waals surface area contributed by atoms with Crippen LogP contribution in [0.4, 0.5) is 5.82 Å². The molecule has 2 rings (SSSR count). The molecule has 1 aromatic heterocycles. The molecule has 1 saturated heterocycles. The number of hydrogen-bond acceptors (Lipinski definition) is 4. The van der Waals surface area contributed by atoms with E-state index < -0.39 is 0 Å². The number of halogens is 1. The molecule has 6 heteroatoms. The van der Waals surface area contributed by atoms with Gasteiger partial charge in [-0.1, -0.05) is 13.3 Å². The predicted octanol–water partition coefficient (Wildman–Crippen LogP) is 2.39. The van der Waals surface area contributed by atoms with Crippen molar-refractivity contribution < 1.29 is 4.79 Å². The first kappa shape index (κ1) is 14.3. The van der Waals surface area contributed by atoms with Crippen molar-refractivity contribution >= 4 is 27.7 Å². The van der Waals surface area contributed by atoms with Crippen molar-refractivity contribution in [3.05, 3.63) is 22.3 Å². The summed E-state index contributed by atoms with van der Waals surface area (Å²) in [5, 5.41) is 0. The van der Waals surface area contributed by atoms with Crippen molar-refractivity contribution in [2.75, 3.05) is 18.5 Å². The van der Waals surface area contributed by atoms with E-state index in [0.717, 1.165) is 30.4 Å². The molecule has 5 nitrogen and oxygen atoms in total. The van der Waals surface area contributed by atoms with Crippen LogP contribution in [0.2, 0.25) is 0 Å². The Labute approximate surface area is 121 Å². The highest BCUT2D eigenvalue weighted by Crippen LogP contribution is 2.24. The van der Waals surface area contributed by atoms with Gasteiger partial charge in [0.25, 0.3) is 5.91 Å². The zero-order chi connectivity index (χ0) is 13.8. The van der Waals surface area contributed by atoms with E-state index in [1.54, 1.807) is 12.3 Å². The van der Waals surface area contributed by atoms with Gasteiger partial charge in [0.05, 0.1) is 5.56 Å². The minimum atomic E-state index is -0.0000926. The number of nitrogens with two attached hydrogens (primary N) is 1. The molecule has 0 aliphatic carbocycles. The van der Waals surface area contributed by atoms with Crippen molar-refractivity contribution in [3.8, 4) is 0 Å². The Balaban J connectivity index is 2.21. The Morgan fingerprint density at radius 2 is 2.47 bits per heavy atom. The smallest absolute Gasteiger partial charge is 0.257 e. The Hall–Kier alpha value is -1.14. The SMILES string of the molecule is CCC1CCCN(C(=O)c2cc(Br)cnc2NN)C1. The second-order valence-corrected chi connectivity index (χ2v) is 5.78. The van der Waals surface area contributed by atoms with Gasteiger partial charge >= 0.3 is 0 Å². The van der Waals surface area contributed by atoms with Crippen molar-refractivity contribution in [2.24, 2.45) is 11.8 Å². The number of nitrogens with one attached hydrogen (secondary N) is 1. The number of carbonyl (C=O) groups excluding carboxylic acids is 1. The van der Waals surface area contributed by atoms with Crippen LogP contribution >= 0.6 is 15.9 Å². The highest BCUT2D eigenvalue weighted by molar-refractivity contribution is 9.10. The van der Waals surface area contributed by atoms with E-state index in [4.69, 9.17) is 5.84 Å². The van der Waals surface area contributed by atoms with Gasteiger partial charge in [-0.3, -0.25) is 4.79 Å². The third-order valence-electron chi connectivity index (χ3n) is 3.61. The van der Waals surface area contributed by atoms with E-state index in [1.807, 2.05) is 4.90 Å². The van der Waals surface area contributed by atoms with Gasteiger partial charge in [0, 0.05) is 23.8 Å². The van der Waals surface area contributed by atoms with E-state index in [2.05, 4.69) is 33.3 Å². The lowest BCUT2D eigenvalue weighted by molar-refractivity contribution is 0.0671. The van der Waals surface area contributed by atoms with Crippen LogP contribution < -0.4 is 11.3 Å². The highest BCUT2D eigenvalue weighted by Gasteiger charge is 2.25. The number of aromatic nitrogens is 1. The minimum Gasteiger partial charge on any atom is -0.338 e. The lowest BCUT2D eigenvalue weighted by atomic mass is 9.95. The summed E-state index contributed by atoms with van der Waals surface area (Å²) in [6, 6.07) is 1.76. The molecule has 19 heavy (non-hydrogen) atoms. The summed E-state index contributed by atoms with van der Waals surface area (Å²) in [5.41, 5.74) is 3.01. The van der Waals surface area contributed by atoms with E-state index >= 15 is 0 Å². The maximum absolute atomic E-state index is 12.6. The molecular formula is C13H19BrN4O. The minimum absolute atomic E-state index is 0.0000926. The fraction of sp³-hybridized carbons (Fsp3) is 0.538. The van der Waals surface area contributed by atoms with Crippen molar-refractivity contribution in [2.45, 2.75) is 26.2 Å². The average molecular weight is 327 g/mol. The summed E-state index contributed by atoms with van der Waals surface area (Å²) < 4.78 is 0.777. The van der Waals surface area contributed by atoms with Crippen molar-refractivity contribution in [1.82, 2.24) is 9.88 Å². The van der Waals surface area contributed by atoms with Crippen LogP contribution in [0.25, 0.3) is 0 Å². The van der Waals surface area contributed by atoms with Crippen LogP contribution in [0.3, 0.4) is 0 Å². The summed E-state index contributed by atoms with van der Waals surface area (Å²) >= 11 is 3.34. The van der Waals surface area contributed by atoms with Crippen LogP contribution in [-0.4, -0.2) is 28.9 Å². The third kappa shape index (κ3) is 3.25. The summed E-state index contributed by atoms with van der Waals surface area (Å²) in [7, 11) is 0. The van der Waals surface area contributed by atoms with E-state index in [0.29, 0.717) is 17.3 Å². The lowest BCUT2D eigenvalue weighted by Crippen LogP contribution is -2.40. The number of nitrogens with zero attached hydrogens (tertiary/aromatic N) is 2. The summed E-state index contributed by atoms with van der Waals surface area (Å²) in [6.45, 7) is 3.81. The standard InChI is InChI=1S/C13H19BrN4O/c1-2-9-4-3-5-18(8-9)13(19)11-6-10(14)7-16-12(11)17-15/h6-7,9H,2-5,8,15H2,1H3,(H,16,17). The molecule has 2 heterocycles. The monoisotopic (exact) mass is 326 g/mol. The summed E-state index contributed by atoms with van der Waals surface area (Å²) in [4.78, 5) is 18.6. The normalized spacial score (nSPS) is 19.3. The quantitative estimate of drug-likeness (QED) is 0.661. The predicted molar refractivity (Wildman–Crippen MR) is 78.7 cm³/mol. The van der Waals surface area contributed by atoms with Gasteiger partial charge in [-0.15, -0.1) is 0 Å². The largest absolute Gasteiger partial charge is 0.338 e. The Bertz CT molecular complexity index is 466. The molecule has 1 unspecified atom stereocenters. The van der Waals surface area contributed by atoms with Gasteiger partial charge in [-0.2, -0.15) is 0 Å². The first-order valence-corrected chi connectivity index (χ1v) is 7.36. The first-order chi connectivity index (χ1) is 9.15. The lowest BCUT2D eigenvalue weighted by Gasteiger charge is -2.32. The average Bonchev–Trinajstić information content (AvgIpc) is 2.46. The number of rotatable bonds is 3. The van der Waals surface area contributed by atoms with Crippen molar-refractivity contribution in [1.29, 1.82) is 0 Å². The van der Waals surface area contributed by atoms with Gasteiger partial charge < -0.3 is 10.3 Å². The Morgan fingerprint density at radius 1 is 1.68 bits per heavy atom. The molecule has 1 amide bonds. The molecule has 1 fully saturated rings. The molecule has 1 aliphatic rings. The summed E-state index contributed by atoms with van der Waals surface area (Å²) in [6.07, 6.45) is 5.01. The number of hydrazine groups is 1. The number of likely N-dealkylation sites (tertiary alicyclic amines) is 1. The van der Waals surface area contributed by atoms with Crippen molar-refractivity contribution in [3.63, 3.8) is 0 Å². The first-order valence-electron chi connectivity index (χ1n) is 6.57. The molecular weight excluding hydrogens is 308 g/mol. The van der Waals surface area contributed by atoms with Gasteiger partial charge in [-0.25, -0.2) is 10.8 Å². The molecule has 0 aromatic carbocycles. The number of pyridine rings is 1. The number of amides is 1. The van der Waals surface area contributed by atoms with Crippen LogP contribution in [0.1, 0.15) is 36.5 Å². The molecule has 0 radical (unpaired) electrons. The zero-order valence-electron chi connectivity index (χ0n) is 11.0. The molecule has 0 saturated carbocycles. The van der Waals surface area contributed by atoms with Gasteiger partial charge in [0.2, 0.25) is 0 Å².